The van der Waals surface area contributed by atoms with Crippen LogP contribution >= 0.6 is 11.6 Å². The predicted octanol–water partition coefficient (Wildman–Crippen LogP) is 5.31. The molecule has 3 aromatic carbocycles. The molecule has 5 N–H and O–H groups in total. The number of phenols is 1. The number of amides is 3. The maximum absolute atomic E-state index is 12.4. The molecule has 0 aliphatic carbocycles. The summed E-state index contributed by atoms with van der Waals surface area (Å²) in [7, 11) is 0. The summed E-state index contributed by atoms with van der Waals surface area (Å²) in [6.07, 6.45) is 1.47. The molecule has 9 nitrogen and oxygen atoms in total. The van der Waals surface area contributed by atoms with Gasteiger partial charge in [-0.15, -0.1) is 0 Å². The molecule has 36 heavy (non-hydrogen) atoms. The number of hydrogen-bond donors (Lipinski definition) is 5. The van der Waals surface area contributed by atoms with E-state index in [1.54, 1.807) is 78.9 Å². The molecule has 0 bridgehead atoms. The first-order valence-electron chi connectivity index (χ1n) is 10.8. The molecule has 0 atom stereocenters. The molecule has 10 heteroatoms. The number of pyridine rings is 1. The van der Waals surface area contributed by atoms with Crippen LogP contribution in [0.5, 0.6) is 17.2 Å². The van der Waals surface area contributed by atoms with Gasteiger partial charge in [-0.25, -0.2) is 10.2 Å². The Balaban J connectivity index is 1.28. The lowest BCUT2D eigenvalue weighted by Crippen LogP contribution is -2.37. The molecule has 182 valence electrons. The average Bonchev–Trinajstić information content (AvgIpc) is 2.88. The summed E-state index contributed by atoms with van der Waals surface area (Å²) in [6, 6.07) is 22.9. The van der Waals surface area contributed by atoms with Crippen LogP contribution in [-0.4, -0.2) is 22.0 Å². The minimum atomic E-state index is -0.425. The van der Waals surface area contributed by atoms with Crippen molar-refractivity contribution < 1.29 is 19.4 Å². The summed E-state index contributed by atoms with van der Waals surface area (Å²) in [6.45, 7) is 0.375. The molecule has 0 spiro atoms. The van der Waals surface area contributed by atoms with Gasteiger partial charge < -0.3 is 20.5 Å². The van der Waals surface area contributed by atoms with Crippen molar-refractivity contribution >= 4 is 34.9 Å². The zero-order valence-electron chi connectivity index (χ0n) is 18.9. The molecule has 0 radical (unpaired) electrons. The largest absolute Gasteiger partial charge is 0.508 e. The third kappa shape index (κ3) is 7.20. The molecule has 1 aromatic heterocycles. The van der Waals surface area contributed by atoms with E-state index in [2.05, 4.69) is 26.5 Å². The third-order valence-electron chi connectivity index (χ3n) is 4.84. The number of halogens is 1. The molecular weight excluding hydrogens is 482 g/mol. The number of hydrazine groups is 1. The van der Waals surface area contributed by atoms with E-state index in [9.17, 15) is 14.7 Å². The normalized spacial score (nSPS) is 10.4. The molecule has 0 aliphatic rings. The average molecular weight is 504 g/mol. The summed E-state index contributed by atoms with van der Waals surface area (Å²) in [5.74, 6) is 0.691. The van der Waals surface area contributed by atoms with Crippen molar-refractivity contribution in [1.29, 1.82) is 0 Å². The number of benzene rings is 3. The van der Waals surface area contributed by atoms with Crippen LogP contribution in [0.25, 0.3) is 0 Å². The Morgan fingerprint density at radius 2 is 1.47 bits per heavy atom. The minimum absolute atomic E-state index is 0.169. The van der Waals surface area contributed by atoms with Gasteiger partial charge in [0.15, 0.2) is 0 Å². The van der Waals surface area contributed by atoms with Crippen LogP contribution in [0.15, 0.2) is 91.1 Å². The number of rotatable bonds is 8. The molecule has 1 heterocycles. The van der Waals surface area contributed by atoms with Crippen molar-refractivity contribution in [2.75, 3.05) is 10.6 Å². The van der Waals surface area contributed by atoms with Gasteiger partial charge in [-0.3, -0.25) is 15.2 Å². The second-order valence-corrected chi connectivity index (χ2v) is 8.00. The monoisotopic (exact) mass is 503 g/mol. The van der Waals surface area contributed by atoms with Gasteiger partial charge in [-0.2, -0.15) is 0 Å². The summed E-state index contributed by atoms with van der Waals surface area (Å²) in [5.41, 5.74) is 7.64. The van der Waals surface area contributed by atoms with Crippen LogP contribution in [0, 0.1) is 0 Å². The number of anilines is 2. The predicted molar refractivity (Wildman–Crippen MR) is 137 cm³/mol. The Labute approximate surface area is 212 Å². The second kappa shape index (κ2) is 11.7. The summed E-state index contributed by atoms with van der Waals surface area (Å²) < 4.78 is 5.82. The van der Waals surface area contributed by atoms with Gasteiger partial charge in [0, 0.05) is 35.2 Å². The molecule has 0 unspecified atom stereocenters. The number of carbonyl (C=O) groups is 2. The fourth-order valence-corrected chi connectivity index (χ4v) is 3.20. The topological polar surface area (TPSA) is 125 Å². The van der Waals surface area contributed by atoms with Crippen molar-refractivity contribution in [3.05, 3.63) is 107 Å². The first kappa shape index (κ1) is 24.5. The van der Waals surface area contributed by atoms with Gasteiger partial charge in [0.25, 0.3) is 5.91 Å². The highest BCUT2D eigenvalue weighted by Gasteiger charge is 2.09. The number of aromatic hydroxyl groups is 1. The highest BCUT2D eigenvalue weighted by Crippen LogP contribution is 2.23. The van der Waals surface area contributed by atoms with Crippen molar-refractivity contribution in [3.8, 4) is 17.2 Å². The number of urea groups is 1. The van der Waals surface area contributed by atoms with Gasteiger partial charge in [0.1, 0.15) is 22.9 Å². The summed E-state index contributed by atoms with van der Waals surface area (Å²) in [4.78, 5) is 28.6. The van der Waals surface area contributed by atoms with Gasteiger partial charge in [0.2, 0.25) is 0 Å². The molecule has 0 fully saturated rings. The van der Waals surface area contributed by atoms with E-state index in [-0.39, 0.29) is 11.4 Å². The first-order valence-corrected chi connectivity index (χ1v) is 11.2. The van der Waals surface area contributed by atoms with Crippen LogP contribution in [0.3, 0.4) is 0 Å². The first-order chi connectivity index (χ1) is 17.4. The zero-order valence-corrected chi connectivity index (χ0v) is 19.6. The minimum Gasteiger partial charge on any atom is -0.508 e. The summed E-state index contributed by atoms with van der Waals surface area (Å²) in [5, 5.41) is 15.4. The molecule has 0 saturated heterocycles. The molecule has 4 rings (SSSR count). The van der Waals surface area contributed by atoms with E-state index < -0.39 is 11.9 Å². The van der Waals surface area contributed by atoms with E-state index in [4.69, 9.17) is 16.3 Å². The van der Waals surface area contributed by atoms with Crippen LogP contribution < -0.4 is 26.2 Å². The van der Waals surface area contributed by atoms with Crippen LogP contribution in [0.4, 0.5) is 16.2 Å². The van der Waals surface area contributed by atoms with Crippen molar-refractivity contribution in [3.63, 3.8) is 0 Å². The highest BCUT2D eigenvalue weighted by molar-refractivity contribution is 6.30. The third-order valence-corrected chi connectivity index (χ3v) is 5.10. The van der Waals surface area contributed by atoms with E-state index in [1.807, 2.05) is 0 Å². The maximum Gasteiger partial charge on any atom is 0.323 e. The fourth-order valence-electron chi connectivity index (χ4n) is 3.07. The number of hydrogen-bond acceptors (Lipinski definition) is 6. The van der Waals surface area contributed by atoms with Crippen molar-refractivity contribution in [1.82, 2.24) is 15.8 Å². The Hall–Kier alpha value is -4.60. The standard InChI is InChI=1S/C26H22ClN5O4/c27-18-3-5-19(6-4-18)30-26(35)31-20-7-11-22(12-8-20)36-23-13-14-28-24(15-23)25(34)32-29-16-17-1-9-21(33)10-2-17/h1-15,29,33H,16H2,(H,32,34)(H2,30,31,35). The highest BCUT2D eigenvalue weighted by atomic mass is 35.5. The lowest BCUT2D eigenvalue weighted by atomic mass is 10.2. The van der Waals surface area contributed by atoms with E-state index in [1.165, 1.54) is 12.3 Å². The number of phenolic OH excluding ortho intramolecular Hbond substituents is 1. The zero-order chi connectivity index (χ0) is 25.3. The van der Waals surface area contributed by atoms with E-state index in [0.29, 0.717) is 34.4 Å². The number of nitrogens with one attached hydrogen (secondary N) is 4. The molecule has 3 amide bonds. The molecule has 0 aliphatic heterocycles. The SMILES string of the molecule is O=C(Nc1ccc(Cl)cc1)Nc1ccc(Oc2ccnc(C(=O)NNCc3ccc(O)cc3)c2)cc1. The number of aromatic nitrogens is 1. The number of ether oxygens (including phenoxy) is 1. The second-order valence-electron chi connectivity index (χ2n) is 7.56. The van der Waals surface area contributed by atoms with E-state index in [0.717, 1.165) is 5.56 Å². The Bertz CT molecular complexity index is 1330. The summed E-state index contributed by atoms with van der Waals surface area (Å²) >= 11 is 5.85. The Morgan fingerprint density at radius 3 is 2.14 bits per heavy atom. The van der Waals surface area contributed by atoms with Crippen LogP contribution in [-0.2, 0) is 6.54 Å². The van der Waals surface area contributed by atoms with Crippen molar-refractivity contribution in [2.45, 2.75) is 6.54 Å². The lowest BCUT2D eigenvalue weighted by molar-refractivity contribution is 0.0926. The lowest BCUT2D eigenvalue weighted by Gasteiger charge is -2.10. The van der Waals surface area contributed by atoms with Gasteiger partial charge >= 0.3 is 6.03 Å². The maximum atomic E-state index is 12.4. The smallest absolute Gasteiger partial charge is 0.323 e. The van der Waals surface area contributed by atoms with Crippen molar-refractivity contribution in [2.24, 2.45) is 0 Å². The Kier molecular flexibility index (Phi) is 7.97. The van der Waals surface area contributed by atoms with E-state index >= 15 is 0 Å². The quantitative estimate of drug-likeness (QED) is 0.207. The number of carbonyl (C=O) groups excluding carboxylic acids is 2. The molecule has 4 aromatic rings. The van der Waals surface area contributed by atoms with Gasteiger partial charge in [-0.1, -0.05) is 23.7 Å². The molecular formula is C26H22ClN5O4. The van der Waals surface area contributed by atoms with Gasteiger partial charge in [0.05, 0.1) is 0 Å². The van der Waals surface area contributed by atoms with Crippen LogP contribution in [0.1, 0.15) is 16.1 Å². The Morgan fingerprint density at radius 1 is 0.833 bits per heavy atom. The number of nitrogens with zero attached hydrogens (tertiary/aromatic N) is 1. The van der Waals surface area contributed by atoms with Crippen LogP contribution in [0.2, 0.25) is 5.02 Å². The fraction of sp³-hybridized carbons (Fsp3) is 0.0385. The molecule has 0 saturated carbocycles. The van der Waals surface area contributed by atoms with Gasteiger partial charge in [-0.05, 0) is 72.3 Å².